The van der Waals surface area contributed by atoms with Gasteiger partial charge >= 0.3 is 0 Å². The van der Waals surface area contributed by atoms with Gasteiger partial charge in [-0.2, -0.15) is 4.98 Å². The summed E-state index contributed by atoms with van der Waals surface area (Å²) in [6, 6.07) is 19.5. The Bertz CT molecular complexity index is 1220. The van der Waals surface area contributed by atoms with Crippen molar-refractivity contribution < 1.29 is 10.2 Å². The molecule has 2 heterocycles. The Kier molecular flexibility index (Phi) is 7.67. The SMILES string of the molecule is C[C@@H](Nc1nc2nc(SCc3ccccc3)nc(NC(C)(C)CO)c2s1)[C@@H](O)c1ccccc1. The molecule has 4 N–H and O–H groups in total. The number of aromatic nitrogens is 3. The second-order valence-electron chi connectivity index (χ2n) is 8.76. The van der Waals surface area contributed by atoms with Crippen molar-refractivity contribution in [2.45, 2.75) is 49.4 Å². The molecule has 2 aromatic heterocycles. The van der Waals surface area contributed by atoms with Crippen LogP contribution in [-0.2, 0) is 5.75 Å². The first-order chi connectivity index (χ1) is 16.3. The van der Waals surface area contributed by atoms with Crippen LogP contribution >= 0.6 is 23.1 Å². The van der Waals surface area contributed by atoms with E-state index in [9.17, 15) is 10.2 Å². The highest BCUT2D eigenvalue weighted by Gasteiger charge is 2.23. The van der Waals surface area contributed by atoms with Crippen LogP contribution in [0.5, 0.6) is 0 Å². The summed E-state index contributed by atoms with van der Waals surface area (Å²) < 4.78 is 0.800. The average Bonchev–Trinajstić information content (AvgIpc) is 3.26. The number of thioether (sulfide) groups is 1. The molecule has 0 unspecified atom stereocenters. The van der Waals surface area contributed by atoms with Gasteiger partial charge < -0.3 is 20.8 Å². The van der Waals surface area contributed by atoms with Gasteiger partial charge in [-0.05, 0) is 31.9 Å². The molecule has 0 aliphatic rings. The highest BCUT2D eigenvalue weighted by atomic mass is 32.2. The number of aliphatic hydroxyl groups excluding tert-OH is 2. The smallest absolute Gasteiger partial charge is 0.191 e. The minimum absolute atomic E-state index is 0.0464. The standard InChI is InChI=1S/C25H29N5O2S2/c1-16(19(32)18-12-8-5-9-13-18)26-24-28-21-20(34-24)22(30-25(2,3)15-31)29-23(27-21)33-14-17-10-6-4-7-11-17/h4-13,16,19,31-32H,14-15H2,1-3H3,(H2,26,27,28,29,30)/t16-,19-/m1/s1. The van der Waals surface area contributed by atoms with Crippen LogP contribution < -0.4 is 10.6 Å². The van der Waals surface area contributed by atoms with Crippen LogP contribution in [0.1, 0.15) is 38.0 Å². The van der Waals surface area contributed by atoms with Gasteiger partial charge in [-0.15, -0.1) is 0 Å². The van der Waals surface area contributed by atoms with Crippen LogP contribution in [0, 0.1) is 0 Å². The summed E-state index contributed by atoms with van der Waals surface area (Å²) in [7, 11) is 0. The quantitative estimate of drug-likeness (QED) is 0.178. The first-order valence-electron chi connectivity index (χ1n) is 11.1. The van der Waals surface area contributed by atoms with Crippen LogP contribution in [-0.4, -0.2) is 43.4 Å². The molecule has 178 valence electrons. The molecular formula is C25H29N5O2S2. The van der Waals surface area contributed by atoms with Crippen molar-refractivity contribution in [3.63, 3.8) is 0 Å². The van der Waals surface area contributed by atoms with Gasteiger partial charge in [0.1, 0.15) is 4.70 Å². The zero-order valence-electron chi connectivity index (χ0n) is 19.4. The van der Waals surface area contributed by atoms with E-state index in [1.807, 2.05) is 69.3 Å². The lowest BCUT2D eigenvalue weighted by Gasteiger charge is -2.24. The van der Waals surface area contributed by atoms with E-state index in [2.05, 4.69) is 27.8 Å². The van der Waals surface area contributed by atoms with E-state index in [0.29, 0.717) is 21.8 Å². The summed E-state index contributed by atoms with van der Waals surface area (Å²) in [6.07, 6.45) is -0.679. The highest BCUT2D eigenvalue weighted by molar-refractivity contribution is 7.98. The lowest BCUT2D eigenvalue weighted by atomic mass is 10.0. The lowest BCUT2D eigenvalue weighted by Crippen LogP contribution is -2.35. The number of nitrogens with zero attached hydrogens (tertiary/aromatic N) is 3. The van der Waals surface area contributed by atoms with Crippen molar-refractivity contribution in [1.82, 2.24) is 15.0 Å². The van der Waals surface area contributed by atoms with E-state index in [0.717, 1.165) is 16.0 Å². The Morgan fingerprint density at radius 1 is 1.00 bits per heavy atom. The van der Waals surface area contributed by atoms with Crippen molar-refractivity contribution in [2.24, 2.45) is 0 Å². The largest absolute Gasteiger partial charge is 0.394 e. The fraction of sp³-hybridized carbons (Fsp3) is 0.320. The topological polar surface area (TPSA) is 103 Å². The fourth-order valence-corrected chi connectivity index (χ4v) is 5.05. The number of fused-ring (bicyclic) bond motifs is 1. The predicted molar refractivity (Wildman–Crippen MR) is 140 cm³/mol. The molecule has 34 heavy (non-hydrogen) atoms. The normalized spacial score (nSPS) is 13.6. The number of aliphatic hydroxyl groups is 2. The minimum Gasteiger partial charge on any atom is -0.394 e. The number of hydrogen-bond acceptors (Lipinski definition) is 9. The molecule has 0 bridgehead atoms. The zero-order valence-corrected chi connectivity index (χ0v) is 21.0. The predicted octanol–water partition coefficient (Wildman–Crippen LogP) is 5.10. The van der Waals surface area contributed by atoms with Gasteiger partial charge in [-0.3, -0.25) is 0 Å². The van der Waals surface area contributed by atoms with Crippen LogP contribution in [0.2, 0.25) is 0 Å². The van der Waals surface area contributed by atoms with Crippen LogP contribution in [0.15, 0.2) is 65.8 Å². The minimum atomic E-state index is -0.679. The van der Waals surface area contributed by atoms with E-state index in [1.54, 1.807) is 11.8 Å². The summed E-state index contributed by atoms with van der Waals surface area (Å²) in [6.45, 7) is 5.70. The molecule has 2 aromatic carbocycles. The van der Waals surface area contributed by atoms with E-state index in [4.69, 9.17) is 9.97 Å². The number of rotatable bonds is 10. The number of nitrogens with one attached hydrogen (secondary N) is 2. The van der Waals surface area contributed by atoms with Crippen molar-refractivity contribution in [1.29, 1.82) is 0 Å². The number of thiazole rings is 1. The van der Waals surface area contributed by atoms with Gasteiger partial charge in [0.05, 0.1) is 24.3 Å². The molecule has 0 saturated carbocycles. The van der Waals surface area contributed by atoms with Gasteiger partial charge in [0.15, 0.2) is 21.8 Å². The van der Waals surface area contributed by atoms with E-state index in [-0.39, 0.29) is 12.6 Å². The molecule has 0 aliphatic heterocycles. The molecule has 9 heteroatoms. The van der Waals surface area contributed by atoms with Gasteiger partial charge in [0.2, 0.25) is 0 Å². The Morgan fingerprint density at radius 2 is 1.68 bits per heavy atom. The molecule has 4 rings (SSSR count). The molecule has 0 radical (unpaired) electrons. The third kappa shape index (κ3) is 6.04. The zero-order chi connectivity index (χ0) is 24.1. The molecule has 0 fully saturated rings. The van der Waals surface area contributed by atoms with Gasteiger partial charge in [-0.1, -0.05) is 83.8 Å². The number of anilines is 2. The van der Waals surface area contributed by atoms with E-state index < -0.39 is 11.6 Å². The van der Waals surface area contributed by atoms with Gasteiger partial charge in [0, 0.05) is 5.75 Å². The summed E-state index contributed by atoms with van der Waals surface area (Å²) in [5, 5.41) is 28.4. The molecule has 0 amide bonds. The molecular weight excluding hydrogens is 466 g/mol. The van der Waals surface area contributed by atoms with Crippen molar-refractivity contribution in [3.8, 4) is 0 Å². The molecule has 0 spiro atoms. The maximum atomic E-state index is 10.7. The summed E-state index contributed by atoms with van der Waals surface area (Å²) in [5.74, 6) is 1.38. The molecule has 7 nitrogen and oxygen atoms in total. The average molecular weight is 496 g/mol. The summed E-state index contributed by atoms with van der Waals surface area (Å²) in [4.78, 5) is 14.1. The third-order valence-electron chi connectivity index (χ3n) is 5.26. The number of hydrogen-bond donors (Lipinski definition) is 4. The Hall–Kier alpha value is -2.72. The highest BCUT2D eigenvalue weighted by Crippen LogP contribution is 2.35. The van der Waals surface area contributed by atoms with E-state index in [1.165, 1.54) is 16.9 Å². The fourth-order valence-electron chi connectivity index (χ4n) is 3.31. The van der Waals surface area contributed by atoms with Gasteiger partial charge in [0.25, 0.3) is 0 Å². The Balaban J connectivity index is 1.60. The Morgan fingerprint density at radius 3 is 2.35 bits per heavy atom. The first kappa shape index (κ1) is 24.4. The van der Waals surface area contributed by atoms with Crippen molar-refractivity contribution in [2.75, 3.05) is 17.2 Å². The molecule has 2 atom stereocenters. The second kappa shape index (κ2) is 10.7. The first-order valence-corrected chi connectivity index (χ1v) is 12.9. The maximum absolute atomic E-state index is 10.7. The molecule has 0 aliphatic carbocycles. The van der Waals surface area contributed by atoms with Crippen molar-refractivity contribution >= 4 is 44.4 Å². The van der Waals surface area contributed by atoms with Crippen LogP contribution in [0.3, 0.4) is 0 Å². The summed E-state index contributed by atoms with van der Waals surface area (Å²) in [5.41, 5.74) is 2.05. The Labute approximate surface area is 207 Å². The lowest BCUT2D eigenvalue weighted by molar-refractivity contribution is 0.161. The monoisotopic (exact) mass is 495 g/mol. The number of benzene rings is 2. The third-order valence-corrected chi connectivity index (χ3v) is 7.16. The molecule has 0 saturated heterocycles. The second-order valence-corrected chi connectivity index (χ2v) is 10.7. The maximum Gasteiger partial charge on any atom is 0.191 e. The van der Waals surface area contributed by atoms with Crippen molar-refractivity contribution in [3.05, 3.63) is 71.8 Å². The van der Waals surface area contributed by atoms with Crippen LogP contribution in [0.4, 0.5) is 10.9 Å². The molecule has 4 aromatic rings. The van der Waals surface area contributed by atoms with Crippen LogP contribution in [0.25, 0.3) is 10.3 Å². The van der Waals surface area contributed by atoms with Gasteiger partial charge in [-0.25, -0.2) is 9.97 Å². The summed E-state index contributed by atoms with van der Waals surface area (Å²) >= 11 is 2.97. The van der Waals surface area contributed by atoms with E-state index >= 15 is 0 Å².